The molecule has 0 unspecified atom stereocenters. The van der Waals surface area contributed by atoms with Crippen LogP contribution in [0, 0.1) is 34.9 Å². The molecule has 1 saturated carbocycles. The third kappa shape index (κ3) is 5.16. The van der Waals surface area contributed by atoms with E-state index in [1.165, 1.54) is 0 Å². The van der Waals surface area contributed by atoms with Gasteiger partial charge in [0.2, 0.25) is 17.7 Å². The summed E-state index contributed by atoms with van der Waals surface area (Å²) in [7, 11) is 0. The number of fused-ring (bicyclic) bond motifs is 2. The van der Waals surface area contributed by atoms with E-state index in [1.807, 2.05) is 6.07 Å². The monoisotopic (exact) mass is 551 g/mol. The van der Waals surface area contributed by atoms with Crippen LogP contribution >= 0.6 is 0 Å². The van der Waals surface area contributed by atoms with Crippen LogP contribution in [0.25, 0.3) is 10.9 Å². The van der Waals surface area contributed by atoms with Gasteiger partial charge in [0.05, 0.1) is 6.07 Å². The standard InChI is InChI=1S/C26H26F5N5O3/c27-14-5-17(22(28)29)16-7-20(35-19(16)6-14)25(39)36-11-13-8-26(30,31)9-18(13)21(36)24(38)34-15(10-32)4-12-2-1-3-33-23(12)37/h5-7,12-13,15,18,21-22,35H,1-4,8-9,11H2,(H,33,37)(H,34,38)/t12-,13-,15-,18-,21+/m1/s1. The fraction of sp³-hybridized carbons (Fsp3) is 0.538. The van der Waals surface area contributed by atoms with Crippen LogP contribution in [-0.4, -0.2) is 58.7 Å². The van der Waals surface area contributed by atoms with Gasteiger partial charge in [-0.25, -0.2) is 22.0 Å². The molecule has 8 nitrogen and oxygen atoms in total. The Balaban J connectivity index is 1.41. The van der Waals surface area contributed by atoms with Gasteiger partial charge >= 0.3 is 0 Å². The van der Waals surface area contributed by atoms with E-state index in [0.717, 1.165) is 17.0 Å². The number of carbonyl (C=O) groups is 3. The molecule has 0 radical (unpaired) electrons. The van der Waals surface area contributed by atoms with Gasteiger partial charge in [0.1, 0.15) is 23.6 Å². The Hall–Kier alpha value is -3.69. The van der Waals surface area contributed by atoms with Crippen molar-refractivity contribution in [3.05, 3.63) is 35.3 Å². The van der Waals surface area contributed by atoms with Crippen molar-refractivity contribution in [3.8, 4) is 6.07 Å². The molecule has 3 heterocycles. The Kier molecular flexibility index (Phi) is 6.99. The second kappa shape index (κ2) is 10.1. The number of hydrogen-bond acceptors (Lipinski definition) is 4. The van der Waals surface area contributed by atoms with Gasteiger partial charge in [-0.1, -0.05) is 0 Å². The van der Waals surface area contributed by atoms with E-state index in [-0.39, 0.29) is 35.5 Å². The molecule has 1 aliphatic carbocycles. The largest absolute Gasteiger partial charge is 0.356 e. The van der Waals surface area contributed by atoms with E-state index in [1.54, 1.807) is 0 Å². The summed E-state index contributed by atoms with van der Waals surface area (Å²) in [5.41, 5.74) is -0.857. The van der Waals surface area contributed by atoms with Crippen LogP contribution < -0.4 is 10.6 Å². The molecule has 3 aliphatic rings. The number of hydrogen-bond donors (Lipinski definition) is 3. The second-order valence-electron chi connectivity index (χ2n) is 10.6. The Morgan fingerprint density at radius 1 is 1.23 bits per heavy atom. The highest BCUT2D eigenvalue weighted by atomic mass is 19.3. The van der Waals surface area contributed by atoms with Crippen molar-refractivity contribution in [2.45, 2.75) is 56.5 Å². The summed E-state index contributed by atoms with van der Waals surface area (Å²) in [5.74, 6) is -7.85. The summed E-state index contributed by atoms with van der Waals surface area (Å²) in [5, 5.41) is 14.8. The summed E-state index contributed by atoms with van der Waals surface area (Å²) < 4.78 is 69.4. The van der Waals surface area contributed by atoms with Crippen LogP contribution in [0.2, 0.25) is 0 Å². The molecule has 3 N–H and O–H groups in total. The van der Waals surface area contributed by atoms with Gasteiger partial charge < -0.3 is 20.5 Å². The van der Waals surface area contributed by atoms with Gasteiger partial charge in [0, 0.05) is 48.3 Å². The van der Waals surface area contributed by atoms with E-state index in [2.05, 4.69) is 15.6 Å². The lowest BCUT2D eigenvalue weighted by Gasteiger charge is -2.29. The first-order valence-electron chi connectivity index (χ1n) is 12.7. The second-order valence-corrected chi connectivity index (χ2v) is 10.6. The molecule has 5 atom stereocenters. The molecule has 3 amide bonds. The van der Waals surface area contributed by atoms with Crippen LogP contribution in [0.4, 0.5) is 22.0 Å². The molecule has 208 valence electrons. The minimum absolute atomic E-state index is 0.0307. The number of rotatable bonds is 6. The number of nitriles is 1. The first kappa shape index (κ1) is 26.9. The zero-order valence-electron chi connectivity index (χ0n) is 20.7. The molecular weight excluding hydrogens is 525 g/mol. The minimum atomic E-state index is -3.03. The first-order chi connectivity index (χ1) is 18.5. The molecule has 13 heteroatoms. The number of amides is 3. The molecule has 1 aromatic carbocycles. The lowest BCUT2D eigenvalue weighted by atomic mass is 9.90. The van der Waals surface area contributed by atoms with Crippen LogP contribution in [0.3, 0.4) is 0 Å². The average Bonchev–Trinajstić information content (AvgIpc) is 3.53. The van der Waals surface area contributed by atoms with Crippen LogP contribution in [0.5, 0.6) is 0 Å². The molecule has 2 saturated heterocycles. The molecule has 3 fully saturated rings. The molecule has 2 aliphatic heterocycles. The molecule has 0 bridgehead atoms. The SMILES string of the molecule is N#C[C@@H](C[C@H]1CCCNC1=O)NC(=O)[C@@H]1[C@@H]2CC(F)(F)C[C@@H]2CN1C(=O)c1cc2c(C(F)F)cc(F)cc2[nH]1. The maximum atomic E-state index is 14.3. The minimum Gasteiger partial charge on any atom is -0.356 e. The Bertz CT molecular complexity index is 1360. The molecular formula is C26H26F5N5O3. The number of halogens is 5. The molecule has 0 spiro atoms. The van der Waals surface area contributed by atoms with Gasteiger partial charge in [0.25, 0.3) is 12.3 Å². The van der Waals surface area contributed by atoms with Gasteiger partial charge in [0.15, 0.2) is 0 Å². The molecule has 39 heavy (non-hydrogen) atoms. The normalized spacial score (nSPS) is 26.8. The van der Waals surface area contributed by atoms with E-state index >= 15 is 0 Å². The number of benzene rings is 1. The van der Waals surface area contributed by atoms with E-state index in [0.29, 0.717) is 25.5 Å². The number of aromatic nitrogens is 1. The maximum Gasteiger partial charge on any atom is 0.271 e. The van der Waals surface area contributed by atoms with E-state index in [9.17, 15) is 41.6 Å². The highest BCUT2D eigenvalue weighted by Crippen LogP contribution is 2.50. The number of alkyl halides is 4. The van der Waals surface area contributed by atoms with E-state index in [4.69, 9.17) is 0 Å². The van der Waals surface area contributed by atoms with Crippen LogP contribution in [0.15, 0.2) is 18.2 Å². The highest BCUT2D eigenvalue weighted by Gasteiger charge is 2.58. The fourth-order valence-electron chi connectivity index (χ4n) is 6.27. The van der Waals surface area contributed by atoms with Crippen molar-refractivity contribution in [1.82, 2.24) is 20.5 Å². The smallest absolute Gasteiger partial charge is 0.271 e. The number of H-pyrrole nitrogens is 1. The van der Waals surface area contributed by atoms with Gasteiger partial charge in [-0.3, -0.25) is 14.4 Å². The van der Waals surface area contributed by atoms with Crippen molar-refractivity contribution in [1.29, 1.82) is 5.26 Å². The van der Waals surface area contributed by atoms with Crippen molar-refractivity contribution < 1.29 is 36.3 Å². The van der Waals surface area contributed by atoms with E-state index < -0.39 is 78.2 Å². The summed E-state index contributed by atoms with van der Waals surface area (Å²) in [6, 6.07) is 2.27. The third-order valence-electron chi connectivity index (χ3n) is 7.99. The summed E-state index contributed by atoms with van der Waals surface area (Å²) >= 11 is 0. The van der Waals surface area contributed by atoms with Gasteiger partial charge in [-0.2, -0.15) is 5.26 Å². The van der Waals surface area contributed by atoms with Crippen molar-refractivity contribution in [3.63, 3.8) is 0 Å². The fourth-order valence-corrected chi connectivity index (χ4v) is 6.27. The molecule has 5 rings (SSSR count). The highest BCUT2D eigenvalue weighted by molar-refractivity contribution is 6.01. The van der Waals surface area contributed by atoms with Crippen LogP contribution in [0.1, 0.15) is 54.6 Å². The Morgan fingerprint density at radius 3 is 2.69 bits per heavy atom. The molecule has 2 aromatic rings. The van der Waals surface area contributed by atoms with Crippen LogP contribution in [-0.2, 0) is 9.59 Å². The van der Waals surface area contributed by atoms with Gasteiger partial charge in [-0.05, 0) is 49.3 Å². The Labute approximate surface area is 219 Å². The summed E-state index contributed by atoms with van der Waals surface area (Å²) in [4.78, 5) is 42.8. The topological polar surface area (TPSA) is 118 Å². The predicted molar refractivity (Wildman–Crippen MR) is 127 cm³/mol. The van der Waals surface area contributed by atoms with Crippen molar-refractivity contribution >= 4 is 28.6 Å². The van der Waals surface area contributed by atoms with Crippen molar-refractivity contribution in [2.75, 3.05) is 13.1 Å². The predicted octanol–water partition coefficient (Wildman–Crippen LogP) is 3.66. The number of nitrogens with one attached hydrogen (secondary N) is 3. The number of aromatic amines is 1. The van der Waals surface area contributed by atoms with Gasteiger partial charge in [-0.15, -0.1) is 0 Å². The molecule has 1 aromatic heterocycles. The zero-order valence-corrected chi connectivity index (χ0v) is 20.7. The maximum absolute atomic E-state index is 14.3. The zero-order chi connectivity index (χ0) is 28.1. The average molecular weight is 552 g/mol. The number of nitrogens with zero attached hydrogens (tertiary/aromatic N) is 2. The quantitative estimate of drug-likeness (QED) is 0.475. The number of likely N-dealkylation sites (tertiary alicyclic amines) is 1. The lowest BCUT2D eigenvalue weighted by Crippen LogP contribution is -2.52. The number of piperidine rings is 1. The summed E-state index contributed by atoms with van der Waals surface area (Å²) in [6.45, 7) is 0.347. The first-order valence-corrected chi connectivity index (χ1v) is 12.7. The number of carbonyl (C=O) groups excluding carboxylic acids is 3. The van der Waals surface area contributed by atoms with Crippen molar-refractivity contribution in [2.24, 2.45) is 17.8 Å². The summed E-state index contributed by atoms with van der Waals surface area (Å²) in [6.07, 6.45) is -2.88. The third-order valence-corrected chi connectivity index (χ3v) is 7.99. The Morgan fingerprint density at radius 2 is 2.00 bits per heavy atom. The lowest BCUT2D eigenvalue weighted by molar-refractivity contribution is -0.129.